The van der Waals surface area contributed by atoms with Crippen molar-refractivity contribution in [1.29, 1.82) is 0 Å². The fourth-order valence-corrected chi connectivity index (χ4v) is 7.22. The first-order valence-corrected chi connectivity index (χ1v) is 15.9. The number of aromatic nitrogens is 4. The minimum absolute atomic E-state index is 0.00932. The molecule has 5 aromatic rings. The molecule has 0 aliphatic rings. The third kappa shape index (κ3) is 5.42. The number of imidazole rings is 1. The largest absolute Gasteiger partial charge is 0.382 e. The van der Waals surface area contributed by atoms with Crippen LogP contribution in [0.3, 0.4) is 0 Å². The summed E-state index contributed by atoms with van der Waals surface area (Å²) >= 11 is 6.65. The Morgan fingerprint density at radius 1 is 0.771 bits per heavy atom. The maximum Gasteiger partial charge on any atom is 0.182 e. The Labute approximate surface area is 283 Å². The molecule has 12 heteroatoms. The number of rotatable bonds is 14. The maximum absolute atomic E-state index is 15.0. The molecule has 1 unspecified atom stereocenters. The minimum Gasteiger partial charge on any atom is -0.382 e. The lowest BCUT2D eigenvalue weighted by molar-refractivity contribution is -0.151. The van der Waals surface area contributed by atoms with Crippen LogP contribution >= 0.6 is 12.2 Å². The van der Waals surface area contributed by atoms with E-state index in [9.17, 15) is 14.4 Å². The number of ketones is 3. The number of nitrogen functional groups attached to an aromatic ring is 1. The van der Waals surface area contributed by atoms with Gasteiger partial charge in [0.25, 0.3) is 0 Å². The lowest BCUT2D eigenvalue weighted by Crippen LogP contribution is -2.64. The number of carbonyl (C=O) groups excluding carboxylic acids is 3. The van der Waals surface area contributed by atoms with Gasteiger partial charge in [-0.15, -0.1) is 0 Å². The van der Waals surface area contributed by atoms with E-state index in [1.165, 1.54) is 17.2 Å². The third-order valence-electron chi connectivity index (χ3n) is 8.98. The molecule has 0 spiro atoms. The highest BCUT2D eigenvalue weighted by atomic mass is 32.1. The maximum atomic E-state index is 15.0. The molecule has 5 rings (SSSR count). The second-order valence-corrected chi connectivity index (χ2v) is 12.3. The number of benzene rings is 3. The van der Waals surface area contributed by atoms with E-state index in [1.807, 2.05) is 91.0 Å². The van der Waals surface area contributed by atoms with Gasteiger partial charge in [0.1, 0.15) is 11.8 Å². The molecule has 3 aromatic carbocycles. The molecule has 0 bridgehead atoms. The van der Waals surface area contributed by atoms with Crippen LogP contribution in [0.1, 0.15) is 36.6 Å². The van der Waals surface area contributed by atoms with E-state index in [1.54, 1.807) is 13.8 Å². The number of hydrogen-bond acceptors (Lipinski definition) is 11. The van der Waals surface area contributed by atoms with Crippen LogP contribution in [-0.4, -0.2) is 60.9 Å². The highest BCUT2D eigenvalue weighted by Gasteiger charge is 2.62. The topological polar surface area (TPSA) is 199 Å². The van der Waals surface area contributed by atoms with Crippen LogP contribution in [0.2, 0.25) is 0 Å². The van der Waals surface area contributed by atoms with E-state index in [-0.39, 0.29) is 21.8 Å². The van der Waals surface area contributed by atoms with Crippen LogP contribution in [-0.2, 0) is 19.8 Å². The Balaban J connectivity index is 2.04. The second kappa shape index (κ2) is 14.0. The summed E-state index contributed by atoms with van der Waals surface area (Å²) in [5, 5.41) is 0. The normalized spacial score (nSPS) is 13.3. The highest BCUT2D eigenvalue weighted by molar-refractivity contribution is 7.80. The van der Waals surface area contributed by atoms with Crippen molar-refractivity contribution in [3.8, 4) is 0 Å². The average Bonchev–Trinajstić information content (AvgIpc) is 3.55. The molecular weight excluding hydrogens is 625 g/mol. The first kappa shape index (κ1) is 34.3. The fourth-order valence-electron chi connectivity index (χ4n) is 6.58. The molecule has 0 amide bonds. The van der Waals surface area contributed by atoms with Gasteiger partial charge >= 0.3 is 0 Å². The van der Waals surface area contributed by atoms with Crippen molar-refractivity contribution in [2.45, 2.75) is 31.3 Å². The number of anilines is 1. The lowest BCUT2D eigenvalue weighted by Gasteiger charge is -2.46. The molecule has 2 heterocycles. The van der Waals surface area contributed by atoms with Gasteiger partial charge < -0.3 is 27.5 Å². The Kier molecular flexibility index (Phi) is 10.0. The molecule has 0 aliphatic heterocycles. The Bertz CT molecular complexity index is 1840. The van der Waals surface area contributed by atoms with Gasteiger partial charge in [0.15, 0.2) is 34.2 Å². The van der Waals surface area contributed by atoms with Crippen molar-refractivity contribution in [2.75, 3.05) is 18.8 Å². The molecule has 2 atom stereocenters. The van der Waals surface area contributed by atoms with E-state index in [4.69, 9.17) is 35.2 Å². The summed E-state index contributed by atoms with van der Waals surface area (Å²) in [6.45, 7) is 2.08. The van der Waals surface area contributed by atoms with Crippen LogP contribution in [0.4, 0.5) is 5.82 Å². The quantitative estimate of drug-likeness (QED) is 0.0774. The van der Waals surface area contributed by atoms with Crippen LogP contribution in [0, 0.1) is 11.3 Å². The zero-order valence-electron chi connectivity index (χ0n) is 26.7. The average molecular weight is 663 g/mol. The summed E-state index contributed by atoms with van der Waals surface area (Å²) in [4.78, 5) is 57.1. The zero-order valence-corrected chi connectivity index (χ0v) is 27.5. The molecule has 11 nitrogen and oxygen atoms in total. The number of thiocarbonyl (C=S) groups is 1. The first-order valence-electron chi connectivity index (χ1n) is 15.5. The number of carbonyl (C=O) groups is 3. The molecule has 0 saturated heterocycles. The summed E-state index contributed by atoms with van der Waals surface area (Å²) in [5.74, 6) is -3.14. The van der Waals surface area contributed by atoms with Gasteiger partial charge in [0.2, 0.25) is 0 Å². The highest BCUT2D eigenvalue weighted by Crippen LogP contribution is 2.50. The van der Waals surface area contributed by atoms with Crippen molar-refractivity contribution >= 4 is 51.4 Å². The van der Waals surface area contributed by atoms with Crippen LogP contribution in [0.25, 0.3) is 11.2 Å². The van der Waals surface area contributed by atoms with Gasteiger partial charge in [0, 0.05) is 4.86 Å². The minimum atomic E-state index is -2.59. The summed E-state index contributed by atoms with van der Waals surface area (Å²) in [6.07, 6.45) is 2.60. The van der Waals surface area contributed by atoms with E-state index < -0.39 is 59.3 Å². The van der Waals surface area contributed by atoms with Gasteiger partial charge in [-0.3, -0.25) is 14.4 Å². The summed E-state index contributed by atoms with van der Waals surface area (Å²) in [7, 11) is 0. The molecular formula is C36H38N8O3S. The van der Waals surface area contributed by atoms with Crippen molar-refractivity contribution in [3.05, 3.63) is 120 Å². The molecule has 0 radical (unpaired) electrons. The predicted octanol–water partition coefficient (Wildman–Crippen LogP) is 2.95. The van der Waals surface area contributed by atoms with Crippen molar-refractivity contribution in [1.82, 2.24) is 19.5 Å². The standard InChI is InChI=1S/C36H38N8O3S/c1-22(2)28(39)31(47)36(26(45)18-37,27(46)19-38)30(44-21-43-34-29(44)33(40)41-20-42-34)32(48)35(23-12-6-3-7-13-23,24-14-8-4-9-15-24)25-16-10-5-11-17-25/h3-17,20-22,28,30H,18-19,37-39H2,1-2H3,(H2,40,41,42)/t28-,30?/m0/s1. The Morgan fingerprint density at radius 2 is 1.23 bits per heavy atom. The second-order valence-electron chi connectivity index (χ2n) is 11.9. The Hall–Kier alpha value is -5.01. The van der Waals surface area contributed by atoms with Crippen LogP contribution < -0.4 is 22.9 Å². The molecule has 0 fully saturated rings. The first-order chi connectivity index (χ1) is 23.1. The molecule has 2 aromatic heterocycles. The number of fused-ring (bicyclic) bond motifs is 1. The van der Waals surface area contributed by atoms with Crippen molar-refractivity contribution in [3.63, 3.8) is 0 Å². The third-order valence-corrected chi connectivity index (χ3v) is 9.51. The number of hydrogen-bond donors (Lipinski definition) is 4. The monoisotopic (exact) mass is 662 g/mol. The number of nitrogens with two attached hydrogens (primary N) is 4. The fraction of sp³-hybridized carbons (Fsp3) is 0.250. The van der Waals surface area contributed by atoms with Crippen LogP contribution in [0.15, 0.2) is 104 Å². The SMILES string of the molecule is CC(C)[C@H](N)C(=O)C(C(=O)CN)(C(=O)CN)C(C(=S)C(c1ccccc1)(c1ccccc1)c1ccccc1)n1cnc2ncnc(N)c21. The smallest absolute Gasteiger partial charge is 0.182 e. The lowest BCUT2D eigenvalue weighted by atomic mass is 9.58. The van der Waals surface area contributed by atoms with E-state index in [2.05, 4.69) is 15.0 Å². The van der Waals surface area contributed by atoms with Gasteiger partial charge in [-0.05, 0) is 22.6 Å². The number of Topliss-reactive ketones (excluding diaryl/α,β-unsaturated/α-hetero) is 3. The molecule has 246 valence electrons. The van der Waals surface area contributed by atoms with E-state index in [0.717, 1.165) is 0 Å². The molecule has 0 saturated carbocycles. The van der Waals surface area contributed by atoms with Gasteiger partial charge in [0.05, 0.1) is 36.9 Å². The summed E-state index contributed by atoms with van der Waals surface area (Å²) in [5.41, 5.74) is 23.7. The van der Waals surface area contributed by atoms with Crippen LogP contribution in [0.5, 0.6) is 0 Å². The molecule has 0 aliphatic carbocycles. The summed E-state index contributed by atoms with van der Waals surface area (Å²) in [6, 6.07) is 25.4. The summed E-state index contributed by atoms with van der Waals surface area (Å²) < 4.78 is 1.45. The Morgan fingerprint density at radius 3 is 1.65 bits per heavy atom. The van der Waals surface area contributed by atoms with E-state index >= 15 is 0 Å². The number of nitrogens with zero attached hydrogens (tertiary/aromatic N) is 4. The van der Waals surface area contributed by atoms with Gasteiger partial charge in [-0.1, -0.05) is 117 Å². The van der Waals surface area contributed by atoms with E-state index in [0.29, 0.717) is 16.7 Å². The molecule has 48 heavy (non-hydrogen) atoms. The van der Waals surface area contributed by atoms with Crippen molar-refractivity contribution in [2.24, 2.45) is 28.5 Å². The van der Waals surface area contributed by atoms with Gasteiger partial charge in [-0.25, -0.2) is 15.0 Å². The predicted molar refractivity (Wildman–Crippen MR) is 189 cm³/mol. The van der Waals surface area contributed by atoms with Crippen molar-refractivity contribution < 1.29 is 14.4 Å². The molecule has 8 N–H and O–H groups in total. The zero-order chi connectivity index (χ0) is 34.6. The van der Waals surface area contributed by atoms with Gasteiger partial charge in [-0.2, -0.15) is 0 Å².